The van der Waals surface area contributed by atoms with Crippen LogP contribution in [0.25, 0.3) is 11.1 Å². The fourth-order valence-electron chi connectivity index (χ4n) is 4.68. The molecule has 0 heterocycles. The molecule has 1 heteroatoms. The Kier molecular flexibility index (Phi) is 9.28. The van der Waals surface area contributed by atoms with Gasteiger partial charge in [-0.25, -0.2) is 0 Å². The highest BCUT2D eigenvalue weighted by Gasteiger charge is 2.20. The molecule has 3 rings (SSSR count). The first-order valence-electron chi connectivity index (χ1n) is 12.1. The summed E-state index contributed by atoms with van der Waals surface area (Å²) in [5.41, 5.74) is 5.53. The number of hydrogen-bond acceptors (Lipinski definition) is 1. The maximum Gasteiger partial charge on any atom is 0.0540 e. The molecule has 1 aliphatic rings. The van der Waals surface area contributed by atoms with Gasteiger partial charge in [0.05, 0.1) is 6.10 Å². The van der Waals surface area contributed by atoms with Crippen molar-refractivity contribution in [2.24, 2.45) is 0 Å². The first-order valence-corrected chi connectivity index (χ1v) is 12.1. The Hall–Kier alpha value is -1.60. The van der Waals surface area contributed by atoms with Gasteiger partial charge < -0.3 is 5.11 Å². The molecule has 0 saturated heterocycles. The van der Waals surface area contributed by atoms with Crippen LogP contribution in [0.4, 0.5) is 0 Å². The van der Waals surface area contributed by atoms with Crippen molar-refractivity contribution in [1.82, 2.24) is 0 Å². The SMILES string of the molecule is CCCCCCCCCCc1ccc(-c2ccc([C@H]3CC[C@H](O)CC3)cc2)cc1. The van der Waals surface area contributed by atoms with Crippen LogP contribution < -0.4 is 0 Å². The van der Waals surface area contributed by atoms with Gasteiger partial charge in [0, 0.05) is 0 Å². The molecule has 1 N–H and O–H groups in total. The fourth-order valence-corrected chi connectivity index (χ4v) is 4.68. The van der Waals surface area contributed by atoms with Crippen molar-refractivity contribution in [3.05, 3.63) is 59.7 Å². The molecule has 0 spiro atoms. The number of unbranched alkanes of at least 4 members (excludes halogenated alkanes) is 7. The van der Waals surface area contributed by atoms with Crippen LogP contribution in [0.1, 0.15) is 101 Å². The summed E-state index contributed by atoms with van der Waals surface area (Å²) >= 11 is 0. The Morgan fingerprint density at radius 2 is 1.17 bits per heavy atom. The van der Waals surface area contributed by atoms with Crippen molar-refractivity contribution < 1.29 is 5.11 Å². The van der Waals surface area contributed by atoms with Crippen molar-refractivity contribution in [2.45, 2.75) is 102 Å². The second-order valence-electron chi connectivity index (χ2n) is 9.05. The smallest absolute Gasteiger partial charge is 0.0540 e. The predicted molar refractivity (Wildman–Crippen MR) is 125 cm³/mol. The van der Waals surface area contributed by atoms with Crippen LogP contribution in [0.15, 0.2) is 48.5 Å². The van der Waals surface area contributed by atoms with E-state index in [-0.39, 0.29) is 6.10 Å². The molecule has 0 amide bonds. The summed E-state index contributed by atoms with van der Waals surface area (Å²) in [5.74, 6) is 0.626. The van der Waals surface area contributed by atoms with Crippen LogP contribution in [-0.4, -0.2) is 11.2 Å². The van der Waals surface area contributed by atoms with Crippen molar-refractivity contribution >= 4 is 0 Å². The van der Waals surface area contributed by atoms with Gasteiger partial charge in [-0.1, -0.05) is 100 Å². The van der Waals surface area contributed by atoms with Gasteiger partial charge in [0.1, 0.15) is 0 Å². The van der Waals surface area contributed by atoms with E-state index in [2.05, 4.69) is 55.5 Å². The van der Waals surface area contributed by atoms with Gasteiger partial charge in [-0.2, -0.15) is 0 Å². The van der Waals surface area contributed by atoms with E-state index >= 15 is 0 Å². The minimum Gasteiger partial charge on any atom is -0.393 e. The number of hydrogen-bond donors (Lipinski definition) is 1. The normalized spacial score (nSPS) is 19.4. The first-order chi connectivity index (χ1) is 14.3. The Balaban J connectivity index is 1.41. The lowest BCUT2D eigenvalue weighted by molar-refractivity contribution is 0.122. The van der Waals surface area contributed by atoms with Gasteiger partial charge in [-0.3, -0.25) is 0 Å². The molecule has 0 bridgehead atoms. The number of aliphatic hydroxyl groups excluding tert-OH is 1. The molecule has 0 unspecified atom stereocenters. The van der Waals surface area contributed by atoms with E-state index < -0.39 is 0 Å². The molecule has 0 aliphatic heterocycles. The lowest BCUT2D eigenvalue weighted by Crippen LogP contribution is -2.16. The van der Waals surface area contributed by atoms with Gasteiger partial charge in [0.15, 0.2) is 0 Å². The molecule has 29 heavy (non-hydrogen) atoms. The highest BCUT2D eigenvalue weighted by molar-refractivity contribution is 5.64. The van der Waals surface area contributed by atoms with Crippen molar-refractivity contribution in [1.29, 1.82) is 0 Å². The van der Waals surface area contributed by atoms with Crippen LogP contribution >= 0.6 is 0 Å². The molecule has 158 valence electrons. The molecule has 1 fully saturated rings. The Bertz CT molecular complexity index is 677. The van der Waals surface area contributed by atoms with E-state index in [1.165, 1.54) is 80.0 Å². The molecule has 1 aliphatic carbocycles. The first kappa shape index (κ1) is 22.1. The summed E-state index contributed by atoms with van der Waals surface area (Å²) in [6.07, 6.45) is 16.4. The summed E-state index contributed by atoms with van der Waals surface area (Å²) in [4.78, 5) is 0. The standard InChI is InChI=1S/C28H40O/c1-2-3-4-5-6-7-8-9-10-23-11-13-24(14-12-23)25-15-17-26(18-16-25)27-19-21-28(29)22-20-27/h11-18,27-29H,2-10,19-22H2,1H3/t27-,28-. The molecule has 2 aromatic rings. The molecule has 0 aromatic heterocycles. The number of benzene rings is 2. The number of aryl methyl sites for hydroxylation is 1. The summed E-state index contributed by atoms with van der Waals surface area (Å²) in [6.45, 7) is 2.28. The highest BCUT2D eigenvalue weighted by atomic mass is 16.3. The Labute approximate surface area is 178 Å². The van der Waals surface area contributed by atoms with E-state index in [1.807, 2.05) is 0 Å². The van der Waals surface area contributed by atoms with Gasteiger partial charge in [-0.15, -0.1) is 0 Å². The third kappa shape index (κ3) is 7.30. The summed E-state index contributed by atoms with van der Waals surface area (Å²) in [7, 11) is 0. The van der Waals surface area contributed by atoms with Crippen LogP contribution in [-0.2, 0) is 6.42 Å². The quantitative estimate of drug-likeness (QED) is 0.383. The topological polar surface area (TPSA) is 20.2 Å². The average molecular weight is 393 g/mol. The zero-order valence-electron chi connectivity index (χ0n) is 18.4. The maximum atomic E-state index is 9.71. The maximum absolute atomic E-state index is 9.71. The molecule has 0 radical (unpaired) electrons. The average Bonchev–Trinajstić information content (AvgIpc) is 2.77. The second kappa shape index (κ2) is 12.2. The predicted octanol–water partition coefficient (Wildman–Crippen LogP) is 8.06. The largest absolute Gasteiger partial charge is 0.393 e. The van der Waals surface area contributed by atoms with E-state index in [1.54, 1.807) is 0 Å². The lowest BCUT2D eigenvalue weighted by atomic mass is 9.82. The van der Waals surface area contributed by atoms with E-state index in [0.29, 0.717) is 5.92 Å². The minimum atomic E-state index is -0.0742. The molecule has 1 nitrogen and oxygen atoms in total. The molecule has 1 saturated carbocycles. The molecular formula is C28H40O. The second-order valence-corrected chi connectivity index (χ2v) is 9.05. The fraction of sp³-hybridized carbons (Fsp3) is 0.571. The lowest BCUT2D eigenvalue weighted by Gasteiger charge is -2.25. The molecular weight excluding hydrogens is 352 g/mol. The Morgan fingerprint density at radius 1 is 0.655 bits per heavy atom. The van der Waals surface area contributed by atoms with E-state index in [0.717, 1.165) is 25.7 Å². The van der Waals surface area contributed by atoms with Gasteiger partial charge in [0.2, 0.25) is 0 Å². The van der Waals surface area contributed by atoms with Crippen molar-refractivity contribution in [3.8, 4) is 11.1 Å². The van der Waals surface area contributed by atoms with Crippen molar-refractivity contribution in [2.75, 3.05) is 0 Å². The Morgan fingerprint density at radius 3 is 1.76 bits per heavy atom. The van der Waals surface area contributed by atoms with Crippen LogP contribution in [0.2, 0.25) is 0 Å². The summed E-state index contributed by atoms with van der Waals surface area (Å²) in [6, 6.07) is 18.3. The van der Waals surface area contributed by atoms with Crippen LogP contribution in [0.3, 0.4) is 0 Å². The third-order valence-electron chi connectivity index (χ3n) is 6.69. The third-order valence-corrected chi connectivity index (χ3v) is 6.69. The van der Waals surface area contributed by atoms with E-state index in [4.69, 9.17) is 0 Å². The highest BCUT2D eigenvalue weighted by Crippen LogP contribution is 2.33. The van der Waals surface area contributed by atoms with Crippen molar-refractivity contribution in [3.63, 3.8) is 0 Å². The zero-order chi connectivity index (χ0) is 20.3. The van der Waals surface area contributed by atoms with Crippen LogP contribution in [0, 0.1) is 0 Å². The van der Waals surface area contributed by atoms with Crippen LogP contribution in [0.5, 0.6) is 0 Å². The number of aliphatic hydroxyl groups is 1. The molecule has 0 atom stereocenters. The minimum absolute atomic E-state index is 0.0742. The molecule has 2 aromatic carbocycles. The monoisotopic (exact) mass is 392 g/mol. The summed E-state index contributed by atoms with van der Waals surface area (Å²) in [5, 5.41) is 9.71. The van der Waals surface area contributed by atoms with Gasteiger partial charge in [-0.05, 0) is 66.7 Å². The van der Waals surface area contributed by atoms with Gasteiger partial charge >= 0.3 is 0 Å². The van der Waals surface area contributed by atoms with E-state index in [9.17, 15) is 5.11 Å². The number of rotatable bonds is 11. The zero-order valence-corrected chi connectivity index (χ0v) is 18.4. The van der Waals surface area contributed by atoms with Gasteiger partial charge in [0.25, 0.3) is 0 Å². The summed E-state index contributed by atoms with van der Waals surface area (Å²) < 4.78 is 0.